The summed E-state index contributed by atoms with van der Waals surface area (Å²) in [5, 5.41) is 16.9. The molecule has 0 bridgehead atoms. The summed E-state index contributed by atoms with van der Waals surface area (Å²) in [5.74, 6) is 0.345. The first-order chi connectivity index (χ1) is 12.6. The second-order valence-corrected chi connectivity index (χ2v) is 5.53. The van der Waals surface area contributed by atoms with Crippen LogP contribution < -0.4 is 10.6 Å². The number of halogens is 1. The molecule has 0 spiro atoms. The summed E-state index contributed by atoms with van der Waals surface area (Å²) in [6.45, 7) is 5.07. The number of non-ortho nitro benzene ring substituents is 1. The van der Waals surface area contributed by atoms with Gasteiger partial charge in [0.2, 0.25) is 0 Å². The van der Waals surface area contributed by atoms with E-state index < -0.39 is 4.92 Å². The number of benzene rings is 2. The first-order valence-corrected chi connectivity index (χ1v) is 8.20. The number of nitrogens with zero attached hydrogens (tertiary/aromatic N) is 2. The summed E-state index contributed by atoms with van der Waals surface area (Å²) in [7, 11) is 0. The van der Waals surface area contributed by atoms with Crippen molar-refractivity contribution in [3.63, 3.8) is 0 Å². The largest absolute Gasteiger partial charge is 0.356 e. The second-order valence-electron chi connectivity index (χ2n) is 5.53. The van der Waals surface area contributed by atoms with Gasteiger partial charge in [-0.2, -0.15) is 0 Å². The van der Waals surface area contributed by atoms with Gasteiger partial charge in [-0.05, 0) is 23.6 Å². The number of hydrogen-bond acceptors (Lipinski definition) is 3. The molecule has 0 radical (unpaired) electrons. The van der Waals surface area contributed by atoms with Gasteiger partial charge in [-0.3, -0.25) is 10.1 Å². The Bertz CT molecular complexity index is 775. The number of nitro groups is 1. The third-order valence-corrected chi connectivity index (χ3v) is 3.63. The second kappa shape index (κ2) is 9.93. The average molecular weight is 356 g/mol. The van der Waals surface area contributed by atoms with Gasteiger partial charge in [-0.25, -0.2) is 9.38 Å². The third-order valence-electron chi connectivity index (χ3n) is 3.63. The van der Waals surface area contributed by atoms with Crippen LogP contribution in [0.3, 0.4) is 0 Å². The van der Waals surface area contributed by atoms with Crippen LogP contribution in [0.15, 0.2) is 66.2 Å². The van der Waals surface area contributed by atoms with Crippen molar-refractivity contribution in [2.75, 3.05) is 13.1 Å². The lowest BCUT2D eigenvalue weighted by Crippen LogP contribution is -2.38. The summed E-state index contributed by atoms with van der Waals surface area (Å²) >= 11 is 0. The fourth-order valence-corrected chi connectivity index (χ4v) is 2.25. The van der Waals surface area contributed by atoms with Gasteiger partial charge >= 0.3 is 0 Å². The zero-order chi connectivity index (χ0) is 18.8. The van der Waals surface area contributed by atoms with Crippen LogP contribution in [0.2, 0.25) is 0 Å². The van der Waals surface area contributed by atoms with Crippen molar-refractivity contribution in [3.8, 4) is 0 Å². The van der Waals surface area contributed by atoms with Crippen LogP contribution in [0, 0.1) is 15.9 Å². The van der Waals surface area contributed by atoms with E-state index in [-0.39, 0.29) is 11.5 Å². The summed E-state index contributed by atoms with van der Waals surface area (Å²) < 4.78 is 13.6. The molecule has 0 aliphatic carbocycles. The van der Waals surface area contributed by atoms with Crippen LogP contribution in [0.1, 0.15) is 11.1 Å². The maximum absolute atomic E-state index is 13.6. The van der Waals surface area contributed by atoms with Gasteiger partial charge in [0.1, 0.15) is 5.82 Å². The van der Waals surface area contributed by atoms with Crippen LogP contribution in [0.4, 0.5) is 10.1 Å². The van der Waals surface area contributed by atoms with Crippen molar-refractivity contribution in [1.29, 1.82) is 0 Å². The fourth-order valence-electron chi connectivity index (χ4n) is 2.25. The molecule has 0 saturated carbocycles. The molecule has 6 nitrogen and oxygen atoms in total. The molecule has 2 aromatic rings. The van der Waals surface area contributed by atoms with E-state index in [1.165, 1.54) is 18.2 Å². The highest BCUT2D eigenvalue weighted by atomic mass is 19.1. The van der Waals surface area contributed by atoms with Gasteiger partial charge in [-0.15, -0.1) is 6.58 Å². The quantitative estimate of drug-likeness (QED) is 0.250. The minimum absolute atomic E-state index is 0.0470. The van der Waals surface area contributed by atoms with E-state index >= 15 is 0 Å². The molecule has 0 atom stereocenters. The fraction of sp³-hybridized carbons (Fsp3) is 0.211. The van der Waals surface area contributed by atoms with Crippen LogP contribution in [0.5, 0.6) is 0 Å². The Hall–Kier alpha value is -3.22. The number of nitrogens with one attached hydrogen (secondary N) is 2. The molecule has 2 N–H and O–H groups in total. The van der Waals surface area contributed by atoms with E-state index in [1.807, 2.05) is 0 Å². The smallest absolute Gasteiger partial charge is 0.269 e. The van der Waals surface area contributed by atoms with Crippen molar-refractivity contribution >= 4 is 11.6 Å². The summed E-state index contributed by atoms with van der Waals surface area (Å²) in [4.78, 5) is 14.7. The zero-order valence-corrected chi connectivity index (χ0v) is 14.3. The lowest BCUT2D eigenvalue weighted by atomic mass is 10.1. The molecule has 0 aliphatic heterocycles. The summed E-state index contributed by atoms with van der Waals surface area (Å²) in [5.41, 5.74) is 1.54. The Morgan fingerprint density at radius 2 is 1.92 bits per heavy atom. The normalized spacial score (nSPS) is 11.0. The zero-order valence-electron chi connectivity index (χ0n) is 14.3. The predicted molar refractivity (Wildman–Crippen MR) is 101 cm³/mol. The molecule has 0 heterocycles. The van der Waals surface area contributed by atoms with Gasteiger partial charge in [0, 0.05) is 25.2 Å². The first-order valence-electron chi connectivity index (χ1n) is 8.20. The molecular formula is C19H21FN4O2. The van der Waals surface area contributed by atoms with Gasteiger partial charge in [-0.1, -0.05) is 36.4 Å². The monoisotopic (exact) mass is 356 g/mol. The Balaban J connectivity index is 1.94. The van der Waals surface area contributed by atoms with Gasteiger partial charge in [0.25, 0.3) is 5.69 Å². The van der Waals surface area contributed by atoms with Gasteiger partial charge < -0.3 is 10.6 Å². The highest BCUT2D eigenvalue weighted by Crippen LogP contribution is 2.12. The first kappa shape index (κ1) is 19.1. The highest BCUT2D eigenvalue weighted by molar-refractivity contribution is 5.79. The molecule has 2 aromatic carbocycles. The molecule has 136 valence electrons. The maximum atomic E-state index is 13.6. The Morgan fingerprint density at radius 3 is 2.58 bits per heavy atom. The van der Waals surface area contributed by atoms with E-state index in [2.05, 4.69) is 22.2 Å². The Morgan fingerprint density at radius 1 is 1.19 bits per heavy atom. The number of aliphatic imine (C=N–C) groups is 1. The minimum atomic E-state index is -0.436. The minimum Gasteiger partial charge on any atom is -0.356 e. The van der Waals surface area contributed by atoms with E-state index in [0.717, 1.165) is 5.56 Å². The van der Waals surface area contributed by atoms with Crippen molar-refractivity contribution in [2.24, 2.45) is 4.99 Å². The van der Waals surface area contributed by atoms with E-state index in [4.69, 9.17) is 0 Å². The van der Waals surface area contributed by atoms with Crippen LogP contribution in [-0.4, -0.2) is 24.0 Å². The summed E-state index contributed by atoms with van der Waals surface area (Å²) in [6, 6.07) is 12.9. The number of rotatable bonds is 8. The van der Waals surface area contributed by atoms with Gasteiger partial charge in [0.05, 0.1) is 11.5 Å². The van der Waals surface area contributed by atoms with E-state index in [0.29, 0.717) is 37.6 Å². The number of guanidine groups is 1. The van der Waals surface area contributed by atoms with Crippen LogP contribution in [0.25, 0.3) is 0 Å². The van der Waals surface area contributed by atoms with Crippen LogP contribution in [-0.2, 0) is 13.0 Å². The van der Waals surface area contributed by atoms with E-state index in [1.54, 1.807) is 36.4 Å². The lowest BCUT2D eigenvalue weighted by Gasteiger charge is -2.12. The van der Waals surface area contributed by atoms with Crippen molar-refractivity contribution in [2.45, 2.75) is 13.0 Å². The number of hydrogen-bond donors (Lipinski definition) is 2. The molecule has 7 heteroatoms. The molecule has 0 unspecified atom stereocenters. The average Bonchev–Trinajstić information content (AvgIpc) is 2.65. The lowest BCUT2D eigenvalue weighted by molar-refractivity contribution is -0.384. The Labute approximate surface area is 151 Å². The molecule has 0 fully saturated rings. The molecular weight excluding hydrogens is 335 g/mol. The molecule has 26 heavy (non-hydrogen) atoms. The van der Waals surface area contributed by atoms with E-state index in [9.17, 15) is 14.5 Å². The Kier molecular flexibility index (Phi) is 7.30. The highest BCUT2D eigenvalue weighted by Gasteiger charge is 2.05. The van der Waals surface area contributed by atoms with Crippen molar-refractivity contribution < 1.29 is 9.31 Å². The topological polar surface area (TPSA) is 79.6 Å². The standard InChI is InChI=1S/C19H21FN4O2/c1-2-12-21-19(22-13-11-16-5-3-4-6-18(16)20)23-14-15-7-9-17(10-8-15)24(25)26/h2-10H,1,11-14H2,(H2,21,22,23). The SMILES string of the molecule is C=CCNC(=NCc1ccc([N+](=O)[O-])cc1)NCCc1ccccc1F. The van der Waals surface area contributed by atoms with Crippen LogP contribution >= 0.6 is 0 Å². The molecule has 2 rings (SSSR count). The van der Waals surface area contributed by atoms with Gasteiger partial charge in [0.15, 0.2) is 5.96 Å². The molecule has 0 saturated heterocycles. The molecule has 0 amide bonds. The van der Waals surface area contributed by atoms with Crippen molar-refractivity contribution in [1.82, 2.24) is 10.6 Å². The molecule has 0 aromatic heterocycles. The summed E-state index contributed by atoms with van der Waals surface area (Å²) in [6.07, 6.45) is 2.24. The third kappa shape index (κ3) is 6.01. The predicted octanol–water partition coefficient (Wildman–Crippen LogP) is 3.20. The number of nitro benzene ring substituents is 1. The van der Waals surface area contributed by atoms with Crippen molar-refractivity contribution in [3.05, 3.63) is 88.2 Å². The molecule has 0 aliphatic rings. The maximum Gasteiger partial charge on any atom is 0.269 e.